The smallest absolute Gasteiger partial charge is 0.243 e. The highest BCUT2D eigenvalue weighted by Gasteiger charge is 2.27. The molecule has 0 spiro atoms. The van der Waals surface area contributed by atoms with Gasteiger partial charge in [0, 0.05) is 13.1 Å². The van der Waals surface area contributed by atoms with Crippen LogP contribution in [0.4, 0.5) is 0 Å². The predicted octanol–water partition coefficient (Wildman–Crippen LogP) is -0.541. The van der Waals surface area contributed by atoms with Crippen LogP contribution >= 0.6 is 0 Å². The Labute approximate surface area is 126 Å². The SMILES string of the molecule is CC(C)CC(C(=O)NCC(=O)NC(C)C)N(C)C(=O)CN. The molecule has 0 aromatic rings. The van der Waals surface area contributed by atoms with Gasteiger partial charge in [-0.2, -0.15) is 0 Å². The van der Waals surface area contributed by atoms with Crippen LogP contribution in [0, 0.1) is 5.92 Å². The van der Waals surface area contributed by atoms with Gasteiger partial charge in [0.25, 0.3) is 0 Å². The minimum Gasteiger partial charge on any atom is -0.352 e. The number of amides is 3. The lowest BCUT2D eigenvalue weighted by Gasteiger charge is -2.28. The minimum atomic E-state index is -0.618. The summed E-state index contributed by atoms with van der Waals surface area (Å²) in [7, 11) is 1.55. The summed E-state index contributed by atoms with van der Waals surface area (Å²) in [6, 6.07) is -0.602. The highest BCUT2D eigenvalue weighted by molar-refractivity contribution is 5.90. The van der Waals surface area contributed by atoms with Gasteiger partial charge in [-0.3, -0.25) is 14.4 Å². The zero-order valence-electron chi connectivity index (χ0n) is 13.6. The van der Waals surface area contributed by atoms with Gasteiger partial charge in [-0.25, -0.2) is 0 Å². The van der Waals surface area contributed by atoms with E-state index in [2.05, 4.69) is 10.6 Å². The summed E-state index contributed by atoms with van der Waals surface area (Å²) in [6.45, 7) is 7.37. The van der Waals surface area contributed by atoms with Crippen LogP contribution in [0.15, 0.2) is 0 Å². The van der Waals surface area contributed by atoms with Gasteiger partial charge >= 0.3 is 0 Å². The minimum absolute atomic E-state index is 0.0161. The predicted molar refractivity (Wildman–Crippen MR) is 81.4 cm³/mol. The van der Waals surface area contributed by atoms with Crippen molar-refractivity contribution in [3.05, 3.63) is 0 Å². The molecule has 0 radical (unpaired) electrons. The van der Waals surface area contributed by atoms with Crippen LogP contribution in [0.2, 0.25) is 0 Å². The van der Waals surface area contributed by atoms with E-state index >= 15 is 0 Å². The van der Waals surface area contributed by atoms with Crippen LogP contribution in [0.25, 0.3) is 0 Å². The fourth-order valence-electron chi connectivity index (χ4n) is 1.86. The third kappa shape index (κ3) is 7.65. The van der Waals surface area contributed by atoms with E-state index in [1.165, 1.54) is 4.90 Å². The summed E-state index contributed by atoms with van der Waals surface area (Å²) in [4.78, 5) is 36.7. The highest BCUT2D eigenvalue weighted by atomic mass is 16.2. The van der Waals surface area contributed by atoms with Gasteiger partial charge in [0.05, 0.1) is 13.1 Å². The topological polar surface area (TPSA) is 105 Å². The molecular formula is C14H28N4O3. The number of rotatable bonds is 8. The van der Waals surface area contributed by atoms with Crippen molar-refractivity contribution in [2.75, 3.05) is 20.1 Å². The average Bonchev–Trinajstić information content (AvgIpc) is 2.39. The van der Waals surface area contributed by atoms with Gasteiger partial charge in [-0.1, -0.05) is 13.8 Å². The fraction of sp³-hybridized carbons (Fsp3) is 0.786. The first-order chi connectivity index (χ1) is 9.68. The molecule has 3 amide bonds. The summed E-state index contributed by atoms with van der Waals surface area (Å²) >= 11 is 0. The van der Waals surface area contributed by atoms with Gasteiger partial charge in [0.15, 0.2) is 0 Å². The van der Waals surface area contributed by atoms with Crippen molar-refractivity contribution in [2.45, 2.75) is 46.2 Å². The highest BCUT2D eigenvalue weighted by Crippen LogP contribution is 2.10. The number of hydrogen-bond donors (Lipinski definition) is 3. The van der Waals surface area contributed by atoms with E-state index in [9.17, 15) is 14.4 Å². The second-order valence-electron chi connectivity index (χ2n) is 5.79. The number of carbonyl (C=O) groups is 3. The van der Waals surface area contributed by atoms with E-state index in [0.29, 0.717) is 6.42 Å². The Bertz CT molecular complexity index is 369. The third-order valence-corrected chi connectivity index (χ3v) is 2.91. The Morgan fingerprint density at radius 2 is 1.71 bits per heavy atom. The van der Waals surface area contributed by atoms with Crippen molar-refractivity contribution in [3.8, 4) is 0 Å². The Balaban J connectivity index is 4.65. The van der Waals surface area contributed by atoms with Crippen LogP contribution in [0.5, 0.6) is 0 Å². The fourth-order valence-corrected chi connectivity index (χ4v) is 1.86. The van der Waals surface area contributed by atoms with E-state index in [1.54, 1.807) is 7.05 Å². The number of carbonyl (C=O) groups excluding carboxylic acids is 3. The quantitative estimate of drug-likeness (QED) is 0.560. The van der Waals surface area contributed by atoms with Crippen molar-refractivity contribution in [3.63, 3.8) is 0 Å². The molecule has 0 rings (SSSR count). The van der Waals surface area contributed by atoms with Crippen molar-refractivity contribution in [1.29, 1.82) is 0 Å². The lowest BCUT2D eigenvalue weighted by molar-refractivity contribution is -0.139. The van der Waals surface area contributed by atoms with Crippen LogP contribution in [-0.2, 0) is 14.4 Å². The first-order valence-electron chi connectivity index (χ1n) is 7.21. The molecule has 4 N–H and O–H groups in total. The zero-order chi connectivity index (χ0) is 16.6. The van der Waals surface area contributed by atoms with E-state index in [-0.39, 0.29) is 42.8 Å². The number of nitrogens with two attached hydrogens (primary N) is 1. The summed E-state index contributed by atoms with van der Waals surface area (Å²) < 4.78 is 0. The zero-order valence-corrected chi connectivity index (χ0v) is 13.6. The molecule has 21 heavy (non-hydrogen) atoms. The Hall–Kier alpha value is -1.63. The number of hydrogen-bond acceptors (Lipinski definition) is 4. The Morgan fingerprint density at radius 1 is 1.14 bits per heavy atom. The molecule has 7 heteroatoms. The molecule has 0 saturated heterocycles. The molecule has 0 aromatic heterocycles. The second-order valence-corrected chi connectivity index (χ2v) is 5.79. The average molecular weight is 300 g/mol. The lowest BCUT2D eigenvalue weighted by atomic mass is 10.0. The van der Waals surface area contributed by atoms with Gasteiger partial charge in [-0.15, -0.1) is 0 Å². The first kappa shape index (κ1) is 19.4. The number of nitrogens with zero attached hydrogens (tertiary/aromatic N) is 1. The molecule has 0 heterocycles. The number of likely N-dealkylation sites (N-methyl/N-ethyl adjacent to an activating group) is 1. The van der Waals surface area contributed by atoms with E-state index in [0.717, 1.165) is 0 Å². The van der Waals surface area contributed by atoms with Gasteiger partial charge in [0.1, 0.15) is 6.04 Å². The van der Waals surface area contributed by atoms with Crippen molar-refractivity contribution >= 4 is 17.7 Å². The Morgan fingerprint density at radius 3 is 2.14 bits per heavy atom. The molecule has 0 saturated carbocycles. The van der Waals surface area contributed by atoms with E-state index in [4.69, 9.17) is 5.73 Å². The van der Waals surface area contributed by atoms with E-state index in [1.807, 2.05) is 27.7 Å². The van der Waals surface area contributed by atoms with E-state index < -0.39 is 6.04 Å². The van der Waals surface area contributed by atoms with Crippen molar-refractivity contribution < 1.29 is 14.4 Å². The first-order valence-corrected chi connectivity index (χ1v) is 7.21. The second kappa shape index (κ2) is 9.33. The normalized spacial score (nSPS) is 12.2. The Kier molecular flexibility index (Phi) is 8.61. The molecule has 1 atom stereocenters. The van der Waals surface area contributed by atoms with Crippen molar-refractivity contribution in [1.82, 2.24) is 15.5 Å². The van der Waals surface area contributed by atoms with Gasteiger partial charge < -0.3 is 21.3 Å². The molecule has 0 aliphatic heterocycles. The van der Waals surface area contributed by atoms with Gasteiger partial charge in [-0.05, 0) is 26.2 Å². The molecule has 0 aliphatic rings. The maximum absolute atomic E-state index is 12.2. The maximum atomic E-state index is 12.2. The van der Waals surface area contributed by atoms with Crippen LogP contribution < -0.4 is 16.4 Å². The molecule has 7 nitrogen and oxygen atoms in total. The summed E-state index contributed by atoms with van der Waals surface area (Å²) in [5.74, 6) is -0.665. The summed E-state index contributed by atoms with van der Waals surface area (Å²) in [5.41, 5.74) is 5.33. The maximum Gasteiger partial charge on any atom is 0.243 e. The lowest BCUT2D eigenvalue weighted by Crippen LogP contribution is -2.51. The molecule has 0 bridgehead atoms. The largest absolute Gasteiger partial charge is 0.352 e. The van der Waals surface area contributed by atoms with Crippen molar-refractivity contribution in [2.24, 2.45) is 11.7 Å². The van der Waals surface area contributed by atoms with Gasteiger partial charge in [0.2, 0.25) is 17.7 Å². The molecule has 122 valence electrons. The molecular weight excluding hydrogens is 272 g/mol. The molecule has 1 unspecified atom stereocenters. The van der Waals surface area contributed by atoms with Crippen LogP contribution in [-0.4, -0.2) is 54.8 Å². The standard InChI is InChI=1S/C14H28N4O3/c1-9(2)6-11(18(5)13(20)7-15)14(21)16-8-12(19)17-10(3)4/h9-11H,6-8,15H2,1-5H3,(H,16,21)(H,17,19). The third-order valence-electron chi connectivity index (χ3n) is 2.91. The van der Waals surface area contributed by atoms with Crippen LogP contribution in [0.3, 0.4) is 0 Å². The molecule has 0 fully saturated rings. The van der Waals surface area contributed by atoms with Crippen LogP contribution in [0.1, 0.15) is 34.1 Å². The number of nitrogens with one attached hydrogen (secondary N) is 2. The molecule has 0 aliphatic carbocycles. The summed E-state index contributed by atoms with van der Waals surface area (Å²) in [5, 5.41) is 5.25. The monoisotopic (exact) mass is 300 g/mol. The molecule has 0 aromatic carbocycles. The summed E-state index contributed by atoms with van der Waals surface area (Å²) in [6.07, 6.45) is 0.514.